The molecule has 0 unspecified atom stereocenters. The molecule has 1 heterocycles. The summed E-state index contributed by atoms with van der Waals surface area (Å²) in [7, 11) is 0. The fourth-order valence-corrected chi connectivity index (χ4v) is 2.67. The smallest absolute Gasteiger partial charge is 0.326 e. The highest BCUT2D eigenvalue weighted by Crippen LogP contribution is 2.19. The fourth-order valence-electron chi connectivity index (χ4n) is 2.67. The zero-order valence-electron chi connectivity index (χ0n) is 15.3. The topological polar surface area (TPSA) is 117 Å². The lowest BCUT2D eigenvalue weighted by molar-refractivity contribution is -0.139. The maximum absolute atomic E-state index is 12.1. The van der Waals surface area contributed by atoms with Crippen molar-refractivity contribution in [2.45, 2.75) is 25.9 Å². The summed E-state index contributed by atoms with van der Waals surface area (Å²) in [5.41, 5.74) is 2.66. The minimum atomic E-state index is -1.11. The van der Waals surface area contributed by atoms with E-state index in [0.717, 1.165) is 16.7 Å². The second kappa shape index (κ2) is 8.81. The van der Waals surface area contributed by atoms with E-state index in [9.17, 15) is 14.7 Å². The molecule has 8 heteroatoms. The van der Waals surface area contributed by atoms with Crippen molar-refractivity contribution in [3.63, 3.8) is 0 Å². The molecule has 1 aromatic heterocycles. The summed E-state index contributed by atoms with van der Waals surface area (Å²) < 4.78 is 5.15. The van der Waals surface area contributed by atoms with E-state index in [1.807, 2.05) is 49.4 Å². The zero-order chi connectivity index (χ0) is 19.9. The van der Waals surface area contributed by atoms with Crippen LogP contribution >= 0.6 is 0 Å². The van der Waals surface area contributed by atoms with Gasteiger partial charge < -0.3 is 20.3 Å². The molecule has 0 saturated carbocycles. The quantitative estimate of drug-likeness (QED) is 0.580. The Kier molecular flexibility index (Phi) is 6.01. The molecule has 0 radical (unpaired) electrons. The van der Waals surface area contributed by atoms with Crippen LogP contribution in [0.25, 0.3) is 11.4 Å². The van der Waals surface area contributed by atoms with Gasteiger partial charge in [0, 0.05) is 12.0 Å². The number of nitrogens with zero attached hydrogens (tertiary/aromatic N) is 2. The Hall–Kier alpha value is -3.68. The molecule has 0 aliphatic carbocycles. The van der Waals surface area contributed by atoms with Crippen molar-refractivity contribution in [1.29, 1.82) is 0 Å². The van der Waals surface area contributed by atoms with Gasteiger partial charge in [-0.1, -0.05) is 59.8 Å². The number of nitrogens with one attached hydrogen (secondary N) is 2. The molecule has 1 atom stereocenters. The summed E-state index contributed by atoms with van der Waals surface area (Å²) in [4.78, 5) is 27.8. The van der Waals surface area contributed by atoms with E-state index in [1.54, 1.807) is 12.1 Å². The highest BCUT2D eigenvalue weighted by Gasteiger charge is 2.20. The first-order valence-electron chi connectivity index (χ1n) is 8.72. The molecule has 2 amide bonds. The number of urea groups is 1. The second-order valence-electron chi connectivity index (χ2n) is 6.23. The third kappa shape index (κ3) is 4.94. The molecule has 0 aliphatic rings. The SMILES string of the molecule is Cc1ccccc1-c1noc(CNC(=O)N[C@@H](Cc2ccccc2)C(=O)O)n1. The average Bonchev–Trinajstić information content (AvgIpc) is 3.16. The van der Waals surface area contributed by atoms with Crippen LogP contribution in [-0.4, -0.2) is 33.3 Å². The molecule has 0 saturated heterocycles. The van der Waals surface area contributed by atoms with Gasteiger partial charge >= 0.3 is 12.0 Å². The molecule has 144 valence electrons. The number of hydrogen-bond donors (Lipinski definition) is 3. The molecular weight excluding hydrogens is 360 g/mol. The van der Waals surface area contributed by atoms with Gasteiger partial charge in [0.25, 0.3) is 0 Å². The van der Waals surface area contributed by atoms with Crippen molar-refractivity contribution >= 4 is 12.0 Å². The van der Waals surface area contributed by atoms with Crippen LogP contribution < -0.4 is 10.6 Å². The standard InChI is InChI=1S/C20H20N4O4/c1-13-7-5-6-10-15(13)18-23-17(28-24-18)12-21-20(27)22-16(19(25)26)11-14-8-3-2-4-9-14/h2-10,16H,11-12H2,1H3,(H,25,26)(H2,21,22,27)/t16-/m0/s1. The lowest BCUT2D eigenvalue weighted by Crippen LogP contribution is -2.46. The normalized spacial score (nSPS) is 11.6. The number of aliphatic carboxylic acids is 1. The van der Waals surface area contributed by atoms with Crippen LogP contribution in [0.3, 0.4) is 0 Å². The Labute approximate surface area is 161 Å². The van der Waals surface area contributed by atoms with Crippen molar-refractivity contribution in [3.05, 3.63) is 71.6 Å². The Bertz CT molecular complexity index is 956. The highest BCUT2D eigenvalue weighted by molar-refractivity contribution is 5.82. The molecule has 3 rings (SSSR count). The van der Waals surface area contributed by atoms with E-state index < -0.39 is 18.0 Å². The number of aryl methyl sites for hydroxylation is 1. The Balaban J connectivity index is 1.56. The van der Waals surface area contributed by atoms with Crippen molar-refractivity contribution in [3.8, 4) is 11.4 Å². The molecule has 3 N–H and O–H groups in total. The number of carboxylic acid groups (broad SMARTS) is 1. The molecule has 0 aliphatic heterocycles. The maximum Gasteiger partial charge on any atom is 0.326 e. The summed E-state index contributed by atoms with van der Waals surface area (Å²) in [5.74, 6) is -0.454. The van der Waals surface area contributed by atoms with Gasteiger partial charge in [0.1, 0.15) is 6.04 Å². The van der Waals surface area contributed by atoms with Crippen LogP contribution in [0.5, 0.6) is 0 Å². The van der Waals surface area contributed by atoms with Crippen LogP contribution in [0.4, 0.5) is 4.79 Å². The maximum atomic E-state index is 12.1. The molecular formula is C20H20N4O4. The molecule has 2 aromatic carbocycles. The largest absolute Gasteiger partial charge is 0.480 e. The minimum Gasteiger partial charge on any atom is -0.480 e. The van der Waals surface area contributed by atoms with Gasteiger partial charge in [-0.15, -0.1) is 0 Å². The van der Waals surface area contributed by atoms with Crippen LogP contribution in [0.1, 0.15) is 17.0 Å². The Morgan fingerprint density at radius 2 is 1.82 bits per heavy atom. The van der Waals surface area contributed by atoms with E-state index in [1.165, 1.54) is 0 Å². The lowest BCUT2D eigenvalue weighted by Gasteiger charge is -2.14. The first kappa shape index (κ1) is 19.1. The zero-order valence-corrected chi connectivity index (χ0v) is 15.3. The van der Waals surface area contributed by atoms with Gasteiger partial charge in [0.2, 0.25) is 11.7 Å². The van der Waals surface area contributed by atoms with E-state index >= 15 is 0 Å². The molecule has 0 fully saturated rings. The van der Waals surface area contributed by atoms with Crippen molar-refractivity contribution < 1.29 is 19.2 Å². The number of rotatable bonds is 7. The summed E-state index contributed by atoms with van der Waals surface area (Å²) in [6.07, 6.45) is 0.182. The number of carbonyl (C=O) groups is 2. The second-order valence-corrected chi connectivity index (χ2v) is 6.23. The molecule has 0 spiro atoms. The average molecular weight is 380 g/mol. The van der Waals surface area contributed by atoms with Gasteiger partial charge in [-0.05, 0) is 18.1 Å². The molecule has 0 bridgehead atoms. The first-order chi connectivity index (χ1) is 13.5. The number of benzene rings is 2. The number of aromatic nitrogens is 2. The van der Waals surface area contributed by atoms with Crippen LogP contribution in [0.2, 0.25) is 0 Å². The highest BCUT2D eigenvalue weighted by atomic mass is 16.5. The Morgan fingerprint density at radius 3 is 2.54 bits per heavy atom. The van der Waals surface area contributed by atoms with Gasteiger partial charge in [0.05, 0.1) is 6.54 Å². The summed E-state index contributed by atoms with van der Waals surface area (Å²) in [5, 5.41) is 18.2. The monoisotopic (exact) mass is 380 g/mol. The van der Waals surface area contributed by atoms with E-state index in [4.69, 9.17) is 4.52 Å². The van der Waals surface area contributed by atoms with E-state index in [2.05, 4.69) is 20.8 Å². The molecule has 8 nitrogen and oxygen atoms in total. The number of hydrogen-bond acceptors (Lipinski definition) is 5. The fraction of sp³-hybridized carbons (Fsp3) is 0.200. The lowest BCUT2D eigenvalue weighted by atomic mass is 10.1. The predicted molar refractivity (Wildman–Crippen MR) is 101 cm³/mol. The molecule has 28 heavy (non-hydrogen) atoms. The third-order valence-corrected chi connectivity index (χ3v) is 4.14. The van der Waals surface area contributed by atoms with Crippen LogP contribution in [0.15, 0.2) is 59.1 Å². The third-order valence-electron chi connectivity index (χ3n) is 4.14. The number of amides is 2. The van der Waals surface area contributed by atoms with E-state index in [-0.39, 0.29) is 18.9 Å². The summed E-state index contributed by atoms with van der Waals surface area (Å²) >= 11 is 0. The van der Waals surface area contributed by atoms with Gasteiger partial charge in [-0.2, -0.15) is 4.98 Å². The first-order valence-corrected chi connectivity index (χ1v) is 8.72. The van der Waals surface area contributed by atoms with Gasteiger partial charge in [-0.3, -0.25) is 0 Å². The van der Waals surface area contributed by atoms with Crippen molar-refractivity contribution in [2.24, 2.45) is 0 Å². The van der Waals surface area contributed by atoms with Crippen molar-refractivity contribution in [2.75, 3.05) is 0 Å². The van der Waals surface area contributed by atoms with Crippen LogP contribution in [-0.2, 0) is 17.8 Å². The minimum absolute atomic E-state index is 0.0115. The number of carboxylic acids is 1. The van der Waals surface area contributed by atoms with Gasteiger partial charge in [0.15, 0.2) is 0 Å². The van der Waals surface area contributed by atoms with Crippen LogP contribution in [0, 0.1) is 6.92 Å². The summed E-state index contributed by atoms with van der Waals surface area (Å²) in [6.45, 7) is 1.93. The van der Waals surface area contributed by atoms with E-state index in [0.29, 0.717) is 5.82 Å². The Morgan fingerprint density at radius 1 is 1.11 bits per heavy atom. The number of carbonyl (C=O) groups excluding carboxylic acids is 1. The summed E-state index contributed by atoms with van der Waals surface area (Å²) in [6, 6.07) is 15.0. The van der Waals surface area contributed by atoms with Crippen molar-refractivity contribution in [1.82, 2.24) is 20.8 Å². The van der Waals surface area contributed by atoms with Gasteiger partial charge in [-0.25, -0.2) is 9.59 Å². The molecule has 3 aromatic rings. The predicted octanol–water partition coefficient (Wildman–Crippen LogP) is 2.54.